The highest BCUT2D eigenvalue weighted by Crippen LogP contribution is 2.19. The highest BCUT2D eigenvalue weighted by molar-refractivity contribution is 14.0. The molecule has 1 aromatic carbocycles. The van der Waals surface area contributed by atoms with Gasteiger partial charge in [-0.05, 0) is 44.0 Å². The first-order valence-electron chi connectivity index (χ1n) is 9.75. The van der Waals surface area contributed by atoms with Crippen LogP contribution in [0.1, 0.15) is 22.5 Å². The van der Waals surface area contributed by atoms with Gasteiger partial charge in [-0.25, -0.2) is 4.39 Å². The van der Waals surface area contributed by atoms with Gasteiger partial charge in [0, 0.05) is 55.6 Å². The zero-order chi connectivity index (χ0) is 20.8. The molecular weight excluding hydrogens is 498 g/mol. The Morgan fingerprint density at radius 2 is 2.10 bits per heavy atom. The van der Waals surface area contributed by atoms with Gasteiger partial charge < -0.3 is 20.4 Å². The first-order valence-corrected chi connectivity index (χ1v) is 9.75. The molecule has 2 aromatic heterocycles. The molecule has 0 radical (unpaired) electrons. The van der Waals surface area contributed by atoms with Crippen molar-refractivity contribution in [3.8, 4) is 0 Å². The van der Waals surface area contributed by atoms with Gasteiger partial charge in [0.25, 0.3) is 0 Å². The number of benzene rings is 1. The number of ether oxygens (including phenoxy) is 1. The lowest BCUT2D eigenvalue weighted by molar-refractivity contribution is 0.182. The van der Waals surface area contributed by atoms with Crippen molar-refractivity contribution in [2.75, 3.05) is 27.3 Å². The number of methoxy groups -OCH3 is 1. The Bertz CT molecular complexity index is 997. The topological polar surface area (TPSA) is 79.3 Å². The molecule has 3 N–H and O–H groups in total. The van der Waals surface area contributed by atoms with E-state index in [1.54, 1.807) is 26.3 Å². The van der Waals surface area contributed by atoms with Crippen LogP contribution in [0, 0.1) is 19.7 Å². The summed E-state index contributed by atoms with van der Waals surface area (Å²) < 4.78 is 20.6. The third-order valence-electron chi connectivity index (χ3n) is 5.11. The van der Waals surface area contributed by atoms with Crippen LogP contribution in [-0.4, -0.2) is 48.0 Å². The Kier molecular flexibility index (Phi) is 9.09. The molecule has 0 fully saturated rings. The third kappa shape index (κ3) is 5.72. The molecule has 2 heterocycles. The normalized spacial score (nSPS) is 11.6. The van der Waals surface area contributed by atoms with Gasteiger partial charge in [0.15, 0.2) is 5.96 Å². The summed E-state index contributed by atoms with van der Waals surface area (Å²) in [5, 5.41) is 12.2. The molecule has 0 saturated heterocycles. The van der Waals surface area contributed by atoms with E-state index in [0.29, 0.717) is 19.7 Å². The van der Waals surface area contributed by atoms with E-state index in [1.165, 1.54) is 6.07 Å². The van der Waals surface area contributed by atoms with Gasteiger partial charge in [0.2, 0.25) is 0 Å². The largest absolute Gasteiger partial charge is 0.383 e. The van der Waals surface area contributed by atoms with Gasteiger partial charge in [-0.1, -0.05) is 0 Å². The molecule has 0 saturated carbocycles. The average Bonchev–Trinajstić information content (AvgIpc) is 3.23. The number of halogens is 2. The van der Waals surface area contributed by atoms with Crippen molar-refractivity contribution in [3.63, 3.8) is 0 Å². The van der Waals surface area contributed by atoms with Crippen LogP contribution in [0.5, 0.6) is 0 Å². The molecule has 3 rings (SSSR count). The van der Waals surface area contributed by atoms with Crippen LogP contribution in [0.2, 0.25) is 0 Å². The molecule has 0 unspecified atom stereocenters. The second kappa shape index (κ2) is 11.3. The predicted octanol–water partition coefficient (Wildman–Crippen LogP) is 3.29. The Morgan fingerprint density at radius 1 is 1.30 bits per heavy atom. The smallest absolute Gasteiger partial charge is 0.191 e. The lowest BCUT2D eigenvalue weighted by atomic mass is 10.1. The summed E-state index contributed by atoms with van der Waals surface area (Å²) in [6, 6.07) is 4.80. The highest BCUT2D eigenvalue weighted by atomic mass is 127. The van der Waals surface area contributed by atoms with Crippen molar-refractivity contribution >= 4 is 40.8 Å². The van der Waals surface area contributed by atoms with E-state index in [9.17, 15) is 4.39 Å². The molecule has 30 heavy (non-hydrogen) atoms. The summed E-state index contributed by atoms with van der Waals surface area (Å²) in [5.74, 6) is 0.500. The number of aliphatic imine (C=N–C) groups is 1. The molecule has 0 aliphatic heterocycles. The first-order chi connectivity index (χ1) is 14.0. The number of H-pyrrole nitrogens is 1. The fraction of sp³-hybridized carbons (Fsp3) is 0.429. The highest BCUT2D eigenvalue weighted by Gasteiger charge is 2.12. The number of aromatic nitrogens is 3. The van der Waals surface area contributed by atoms with Crippen LogP contribution in [0.15, 0.2) is 29.4 Å². The number of aryl methyl sites for hydroxylation is 1. The minimum atomic E-state index is -0.222. The molecule has 9 heteroatoms. The summed E-state index contributed by atoms with van der Waals surface area (Å²) in [6.07, 6.45) is 2.69. The lowest BCUT2D eigenvalue weighted by Crippen LogP contribution is -2.38. The van der Waals surface area contributed by atoms with E-state index >= 15 is 0 Å². The molecule has 0 aliphatic carbocycles. The van der Waals surface area contributed by atoms with Crippen molar-refractivity contribution in [1.82, 2.24) is 25.4 Å². The maximum absolute atomic E-state index is 13.5. The van der Waals surface area contributed by atoms with Crippen molar-refractivity contribution in [2.45, 2.75) is 33.4 Å². The summed E-state index contributed by atoms with van der Waals surface area (Å²) in [5.41, 5.74) is 5.32. The molecule has 0 spiro atoms. The molecule has 7 nitrogen and oxygen atoms in total. The van der Waals surface area contributed by atoms with Crippen LogP contribution < -0.4 is 10.6 Å². The minimum absolute atomic E-state index is 0. The van der Waals surface area contributed by atoms with E-state index in [1.807, 2.05) is 17.8 Å². The van der Waals surface area contributed by atoms with Gasteiger partial charge >= 0.3 is 0 Å². The SMILES string of the molecule is CN=C(NCCc1c[nH]c2ccc(F)cc12)NCc1c(C)nn(CCOC)c1C.I. The molecular formula is C21H30FIN6O. The number of nitrogens with one attached hydrogen (secondary N) is 3. The van der Waals surface area contributed by atoms with Gasteiger partial charge in [-0.3, -0.25) is 9.67 Å². The van der Waals surface area contributed by atoms with E-state index < -0.39 is 0 Å². The van der Waals surface area contributed by atoms with E-state index in [0.717, 1.165) is 52.3 Å². The van der Waals surface area contributed by atoms with E-state index in [-0.39, 0.29) is 29.8 Å². The van der Waals surface area contributed by atoms with Crippen molar-refractivity contribution in [1.29, 1.82) is 0 Å². The molecule has 0 atom stereocenters. The predicted molar refractivity (Wildman–Crippen MR) is 129 cm³/mol. The Balaban J connectivity index is 0.00000320. The molecule has 0 aliphatic rings. The first kappa shape index (κ1) is 24.1. The van der Waals surface area contributed by atoms with E-state index in [4.69, 9.17) is 4.74 Å². The van der Waals surface area contributed by atoms with Crippen LogP contribution in [0.4, 0.5) is 4.39 Å². The lowest BCUT2D eigenvalue weighted by Gasteiger charge is -2.12. The zero-order valence-electron chi connectivity index (χ0n) is 17.9. The van der Waals surface area contributed by atoms with Crippen LogP contribution in [0.25, 0.3) is 10.9 Å². The van der Waals surface area contributed by atoms with Gasteiger partial charge in [0.1, 0.15) is 5.82 Å². The van der Waals surface area contributed by atoms with Crippen LogP contribution in [0.3, 0.4) is 0 Å². The summed E-state index contributed by atoms with van der Waals surface area (Å²) in [4.78, 5) is 7.48. The standard InChI is InChI=1S/C21H29FN6O.HI/c1-14-19(15(2)28(27-14)9-10-29-4)13-26-21(23-3)24-8-7-16-12-25-20-6-5-17(22)11-18(16)20;/h5-6,11-12,25H,7-10,13H2,1-4H3,(H2,23,24,26);1H. The van der Waals surface area contributed by atoms with Crippen molar-refractivity contribution < 1.29 is 9.13 Å². The number of guanidine groups is 1. The van der Waals surface area contributed by atoms with Gasteiger partial charge in [-0.15, -0.1) is 24.0 Å². The average molecular weight is 528 g/mol. The number of nitrogens with zero attached hydrogens (tertiary/aromatic N) is 3. The second-order valence-electron chi connectivity index (χ2n) is 6.97. The van der Waals surface area contributed by atoms with Crippen LogP contribution in [-0.2, 0) is 24.2 Å². The maximum Gasteiger partial charge on any atom is 0.191 e. The van der Waals surface area contributed by atoms with E-state index in [2.05, 4.69) is 32.6 Å². The van der Waals surface area contributed by atoms with Crippen LogP contribution >= 0.6 is 24.0 Å². The Morgan fingerprint density at radius 3 is 2.83 bits per heavy atom. The molecule has 164 valence electrons. The number of rotatable bonds is 8. The zero-order valence-corrected chi connectivity index (χ0v) is 20.2. The summed E-state index contributed by atoms with van der Waals surface area (Å²) in [6.45, 7) is 6.78. The molecule has 0 amide bonds. The quantitative estimate of drug-likeness (QED) is 0.238. The number of fused-ring (bicyclic) bond motifs is 1. The van der Waals surface area contributed by atoms with Crippen molar-refractivity contribution in [3.05, 3.63) is 52.7 Å². The maximum atomic E-state index is 13.5. The minimum Gasteiger partial charge on any atom is -0.383 e. The second-order valence-corrected chi connectivity index (χ2v) is 6.97. The molecule has 0 bridgehead atoms. The Labute approximate surface area is 193 Å². The number of hydrogen-bond acceptors (Lipinski definition) is 3. The third-order valence-corrected chi connectivity index (χ3v) is 5.11. The van der Waals surface area contributed by atoms with Crippen molar-refractivity contribution in [2.24, 2.45) is 4.99 Å². The Hall–Kier alpha value is -2.14. The summed E-state index contributed by atoms with van der Waals surface area (Å²) in [7, 11) is 3.44. The fourth-order valence-corrected chi connectivity index (χ4v) is 3.45. The van der Waals surface area contributed by atoms with Gasteiger partial charge in [-0.2, -0.15) is 5.10 Å². The van der Waals surface area contributed by atoms with Gasteiger partial charge in [0.05, 0.1) is 18.8 Å². The fourth-order valence-electron chi connectivity index (χ4n) is 3.45. The summed E-state index contributed by atoms with van der Waals surface area (Å²) >= 11 is 0. The number of hydrogen-bond donors (Lipinski definition) is 3. The molecule has 3 aromatic rings. The number of aromatic amines is 1. The monoisotopic (exact) mass is 528 g/mol.